The molecule has 0 amide bonds. The highest BCUT2D eigenvalue weighted by Gasteiger charge is 2.30. The van der Waals surface area contributed by atoms with Crippen LogP contribution < -0.4 is 4.57 Å². The molecule has 1 saturated heterocycles. The summed E-state index contributed by atoms with van der Waals surface area (Å²) < 4.78 is 2.41. The number of fused-ring (bicyclic) bond motifs is 1. The van der Waals surface area contributed by atoms with Gasteiger partial charge in [-0.1, -0.05) is 62.3 Å². The molecule has 0 bridgehead atoms. The number of nitrogens with zero attached hydrogens (tertiary/aromatic N) is 1. The zero-order valence-electron chi connectivity index (χ0n) is 20.8. The Kier molecular flexibility index (Phi) is 5.78. The van der Waals surface area contributed by atoms with Gasteiger partial charge in [0.1, 0.15) is 7.05 Å². The minimum atomic E-state index is -0.915. The predicted octanol–water partition coefficient (Wildman–Crippen LogP) is 8.19. The molecular weight excluding hydrogens is 402 g/mol. The van der Waals surface area contributed by atoms with Crippen molar-refractivity contribution < 1.29 is 4.57 Å². The molecule has 2 aliphatic rings. The van der Waals surface area contributed by atoms with Crippen LogP contribution in [0.15, 0.2) is 42.5 Å². The molecule has 0 spiro atoms. The molecule has 0 unspecified atom stereocenters. The number of pyridine rings is 1. The van der Waals surface area contributed by atoms with E-state index in [2.05, 4.69) is 81.0 Å². The van der Waals surface area contributed by atoms with Crippen LogP contribution >= 0.6 is 0 Å². The number of aromatic nitrogens is 1. The van der Waals surface area contributed by atoms with E-state index < -0.39 is 8.07 Å². The Morgan fingerprint density at radius 3 is 2.12 bits per heavy atom. The standard InChI is InChI=1S/C30H40NSi/c1-21-10-11-26(23-8-6-7-9-23)20-29(21)30-28-13-12-25(19-27(28)18-22(2)31(30)3)24-14-16-32(4,5)17-15-24/h10-13,18-20,23-24H,6-9,14-17H2,1-5H3/q+1. The van der Waals surface area contributed by atoms with Crippen LogP contribution in [0.3, 0.4) is 0 Å². The molecule has 2 aromatic carbocycles. The smallest absolute Gasteiger partial charge is 0.198 e. The Labute approximate surface area is 195 Å². The van der Waals surface area contributed by atoms with Crippen LogP contribution in [0.1, 0.15) is 72.7 Å². The molecule has 2 heterocycles. The van der Waals surface area contributed by atoms with Crippen molar-refractivity contribution >= 4 is 18.8 Å². The molecule has 3 aromatic rings. The summed E-state index contributed by atoms with van der Waals surface area (Å²) in [6, 6.07) is 20.0. The minimum Gasteiger partial charge on any atom is -0.198 e. The van der Waals surface area contributed by atoms with E-state index >= 15 is 0 Å². The van der Waals surface area contributed by atoms with Crippen LogP contribution in [0.4, 0.5) is 0 Å². The summed E-state index contributed by atoms with van der Waals surface area (Å²) in [6.45, 7) is 9.69. The minimum absolute atomic E-state index is 0.751. The first-order valence-electron chi connectivity index (χ1n) is 12.9. The van der Waals surface area contributed by atoms with Gasteiger partial charge in [0.05, 0.1) is 5.39 Å². The maximum Gasteiger partial charge on any atom is 0.220 e. The average Bonchev–Trinajstić information content (AvgIpc) is 3.30. The SMILES string of the molecule is Cc1ccc(C2CCCC2)cc1-c1c2ccc(C3CC[Si](C)(C)CC3)cc2cc(C)[n+]1C. The second-order valence-corrected chi connectivity index (χ2v) is 16.9. The fourth-order valence-corrected chi connectivity index (χ4v) is 8.83. The quantitative estimate of drug-likeness (QED) is 0.284. The zero-order valence-corrected chi connectivity index (χ0v) is 21.8. The molecule has 2 fully saturated rings. The molecule has 168 valence electrons. The molecule has 32 heavy (non-hydrogen) atoms. The maximum atomic E-state index is 2.57. The number of hydrogen-bond donors (Lipinski definition) is 0. The molecule has 1 aromatic heterocycles. The average molecular weight is 443 g/mol. The van der Waals surface area contributed by atoms with Crippen LogP contribution in [-0.4, -0.2) is 8.07 Å². The first-order valence-corrected chi connectivity index (χ1v) is 16.3. The number of hydrogen-bond acceptors (Lipinski definition) is 0. The molecule has 1 nitrogen and oxygen atoms in total. The van der Waals surface area contributed by atoms with Crippen LogP contribution in [-0.2, 0) is 7.05 Å². The van der Waals surface area contributed by atoms with Crippen LogP contribution in [0.2, 0.25) is 25.2 Å². The van der Waals surface area contributed by atoms with Crippen molar-refractivity contribution in [3.05, 3.63) is 64.8 Å². The lowest BCUT2D eigenvalue weighted by Crippen LogP contribution is -2.35. The summed E-state index contributed by atoms with van der Waals surface area (Å²) in [5, 5.41) is 2.82. The molecule has 5 rings (SSSR count). The van der Waals surface area contributed by atoms with E-state index in [1.807, 2.05) is 0 Å². The van der Waals surface area contributed by atoms with E-state index in [9.17, 15) is 0 Å². The van der Waals surface area contributed by atoms with Gasteiger partial charge >= 0.3 is 0 Å². The van der Waals surface area contributed by atoms with E-state index in [0.29, 0.717) is 0 Å². The molecule has 0 radical (unpaired) electrons. The van der Waals surface area contributed by atoms with E-state index in [-0.39, 0.29) is 0 Å². The maximum absolute atomic E-state index is 2.57. The van der Waals surface area contributed by atoms with Crippen molar-refractivity contribution in [3.8, 4) is 11.3 Å². The summed E-state index contributed by atoms with van der Waals surface area (Å²) in [5.74, 6) is 1.51. The van der Waals surface area contributed by atoms with Crippen molar-refractivity contribution in [2.45, 2.75) is 89.4 Å². The molecular formula is C30H40NSi+. The van der Waals surface area contributed by atoms with E-state index in [4.69, 9.17) is 0 Å². The number of aryl methyl sites for hydroxylation is 2. The van der Waals surface area contributed by atoms with Gasteiger partial charge in [0.25, 0.3) is 0 Å². The van der Waals surface area contributed by atoms with E-state index in [1.54, 1.807) is 11.1 Å². The van der Waals surface area contributed by atoms with Gasteiger partial charge in [-0.2, -0.15) is 4.57 Å². The van der Waals surface area contributed by atoms with Crippen LogP contribution in [0, 0.1) is 13.8 Å². The van der Waals surface area contributed by atoms with Gasteiger partial charge in [-0.3, -0.25) is 0 Å². The summed E-state index contributed by atoms with van der Waals surface area (Å²) in [4.78, 5) is 0. The van der Waals surface area contributed by atoms with Crippen LogP contribution in [0.5, 0.6) is 0 Å². The number of rotatable bonds is 3. The lowest BCUT2D eigenvalue weighted by molar-refractivity contribution is -0.665. The monoisotopic (exact) mass is 442 g/mol. The van der Waals surface area contributed by atoms with Crippen molar-refractivity contribution in [2.24, 2.45) is 7.05 Å². The van der Waals surface area contributed by atoms with E-state index in [1.165, 1.54) is 83.9 Å². The highest BCUT2D eigenvalue weighted by Crippen LogP contribution is 2.41. The molecule has 1 aliphatic carbocycles. The van der Waals surface area contributed by atoms with Gasteiger partial charge in [-0.05, 0) is 78.7 Å². The molecule has 1 saturated carbocycles. The van der Waals surface area contributed by atoms with Crippen LogP contribution in [0.25, 0.3) is 22.0 Å². The molecule has 1 aliphatic heterocycles. The van der Waals surface area contributed by atoms with Gasteiger partial charge in [0.2, 0.25) is 5.69 Å². The van der Waals surface area contributed by atoms with Crippen molar-refractivity contribution in [1.29, 1.82) is 0 Å². The topological polar surface area (TPSA) is 3.88 Å². The second kappa shape index (κ2) is 8.45. The Bertz CT molecular complexity index is 1140. The largest absolute Gasteiger partial charge is 0.220 e. The first-order chi connectivity index (χ1) is 15.3. The van der Waals surface area contributed by atoms with Gasteiger partial charge in [0, 0.05) is 26.6 Å². The number of benzene rings is 2. The Balaban J connectivity index is 1.59. The fraction of sp³-hybridized carbons (Fsp3) is 0.500. The van der Waals surface area contributed by atoms with Gasteiger partial charge in [-0.25, -0.2) is 0 Å². The summed E-state index contributed by atoms with van der Waals surface area (Å²) in [5.41, 5.74) is 8.65. The first kappa shape index (κ1) is 21.9. The third-order valence-corrected chi connectivity index (χ3v) is 12.0. The highest BCUT2D eigenvalue weighted by atomic mass is 28.3. The van der Waals surface area contributed by atoms with Gasteiger partial charge in [0.15, 0.2) is 5.69 Å². The molecule has 2 heteroatoms. The zero-order chi connectivity index (χ0) is 22.5. The fourth-order valence-electron chi connectivity index (χ4n) is 6.32. The van der Waals surface area contributed by atoms with Crippen molar-refractivity contribution in [2.75, 3.05) is 0 Å². The second-order valence-electron chi connectivity index (χ2n) is 11.5. The van der Waals surface area contributed by atoms with Gasteiger partial charge < -0.3 is 0 Å². The van der Waals surface area contributed by atoms with Gasteiger partial charge in [-0.15, -0.1) is 0 Å². The summed E-state index contributed by atoms with van der Waals surface area (Å²) in [7, 11) is 1.33. The van der Waals surface area contributed by atoms with E-state index in [0.717, 1.165) is 11.8 Å². The van der Waals surface area contributed by atoms with Crippen molar-refractivity contribution in [1.82, 2.24) is 0 Å². The Morgan fingerprint density at radius 1 is 0.781 bits per heavy atom. The highest BCUT2D eigenvalue weighted by molar-refractivity contribution is 6.77. The molecule has 0 N–H and O–H groups in total. The Hall–Kier alpha value is -1.93. The predicted molar refractivity (Wildman–Crippen MR) is 140 cm³/mol. The Morgan fingerprint density at radius 2 is 1.41 bits per heavy atom. The summed E-state index contributed by atoms with van der Waals surface area (Å²) in [6.07, 6.45) is 8.26. The third kappa shape index (κ3) is 4.07. The lowest BCUT2D eigenvalue weighted by Gasteiger charge is -2.33. The normalized spacial score (nSPS) is 19.7. The molecule has 0 atom stereocenters. The van der Waals surface area contributed by atoms with Crippen molar-refractivity contribution in [3.63, 3.8) is 0 Å². The third-order valence-electron chi connectivity index (χ3n) is 8.71. The summed E-state index contributed by atoms with van der Waals surface area (Å²) >= 11 is 0. The lowest BCUT2D eigenvalue weighted by atomic mass is 9.89.